The summed E-state index contributed by atoms with van der Waals surface area (Å²) < 4.78 is 0. The first-order valence-electron chi connectivity index (χ1n) is 5.48. The Morgan fingerprint density at radius 2 is 1.75 bits per heavy atom. The van der Waals surface area contributed by atoms with Crippen molar-refractivity contribution in [3.63, 3.8) is 0 Å². The van der Waals surface area contributed by atoms with Gasteiger partial charge in [-0.25, -0.2) is 0 Å². The van der Waals surface area contributed by atoms with Crippen LogP contribution < -0.4 is 5.73 Å². The van der Waals surface area contributed by atoms with E-state index in [-0.39, 0.29) is 0 Å². The molecule has 0 bridgehead atoms. The zero-order valence-corrected chi connectivity index (χ0v) is 10.4. The van der Waals surface area contributed by atoms with Gasteiger partial charge in [0.1, 0.15) is 0 Å². The van der Waals surface area contributed by atoms with Crippen molar-refractivity contribution in [3.05, 3.63) is 40.0 Å². The lowest BCUT2D eigenvalue weighted by atomic mass is 9.95. The standard InChI is InChI=1S/C14H18N2/c1-5-12(8-15)14(16)13-10(3)6-9(2)7-11(13)4/h6-7H,5,16H2,1-4H3. The molecule has 1 aromatic carbocycles. The van der Waals surface area contributed by atoms with E-state index in [2.05, 4.69) is 25.1 Å². The van der Waals surface area contributed by atoms with E-state index in [4.69, 9.17) is 11.0 Å². The number of rotatable bonds is 2. The summed E-state index contributed by atoms with van der Waals surface area (Å²) in [6, 6.07) is 6.37. The lowest BCUT2D eigenvalue weighted by Gasteiger charge is -2.12. The highest BCUT2D eigenvalue weighted by Crippen LogP contribution is 2.24. The summed E-state index contributed by atoms with van der Waals surface area (Å²) in [7, 11) is 0. The van der Waals surface area contributed by atoms with Crippen LogP contribution >= 0.6 is 0 Å². The number of hydrogen-bond acceptors (Lipinski definition) is 2. The third-order valence-electron chi connectivity index (χ3n) is 2.76. The van der Waals surface area contributed by atoms with Gasteiger partial charge in [0, 0.05) is 5.56 Å². The Hall–Kier alpha value is -1.75. The number of nitrogens with two attached hydrogens (primary N) is 1. The summed E-state index contributed by atoms with van der Waals surface area (Å²) in [5, 5.41) is 9.01. The molecule has 0 heterocycles. The molecule has 2 nitrogen and oxygen atoms in total. The van der Waals surface area contributed by atoms with Gasteiger partial charge in [0.05, 0.1) is 17.3 Å². The van der Waals surface area contributed by atoms with E-state index in [0.717, 1.165) is 16.7 Å². The maximum absolute atomic E-state index is 9.01. The molecule has 0 aliphatic heterocycles. The fourth-order valence-corrected chi connectivity index (χ4v) is 2.09. The van der Waals surface area contributed by atoms with Crippen LogP contribution in [-0.2, 0) is 0 Å². The Balaban J connectivity index is 3.46. The molecule has 0 aromatic heterocycles. The molecule has 2 heteroatoms. The molecule has 0 atom stereocenters. The largest absolute Gasteiger partial charge is 0.397 e. The second-order valence-electron chi connectivity index (χ2n) is 4.13. The van der Waals surface area contributed by atoms with Crippen molar-refractivity contribution >= 4 is 5.70 Å². The van der Waals surface area contributed by atoms with Gasteiger partial charge in [0.2, 0.25) is 0 Å². The van der Waals surface area contributed by atoms with Gasteiger partial charge in [-0.05, 0) is 38.3 Å². The molecule has 0 fully saturated rings. The van der Waals surface area contributed by atoms with E-state index < -0.39 is 0 Å². The van der Waals surface area contributed by atoms with Crippen molar-refractivity contribution in [2.75, 3.05) is 0 Å². The molecule has 0 amide bonds. The van der Waals surface area contributed by atoms with Gasteiger partial charge in [0.25, 0.3) is 0 Å². The summed E-state index contributed by atoms with van der Waals surface area (Å²) in [5.74, 6) is 0. The molecule has 84 valence electrons. The van der Waals surface area contributed by atoms with Gasteiger partial charge >= 0.3 is 0 Å². The topological polar surface area (TPSA) is 49.8 Å². The van der Waals surface area contributed by atoms with Crippen molar-refractivity contribution in [1.29, 1.82) is 5.26 Å². The molecule has 0 spiro atoms. The molecule has 16 heavy (non-hydrogen) atoms. The minimum Gasteiger partial charge on any atom is -0.397 e. The van der Waals surface area contributed by atoms with Crippen LogP contribution in [0.2, 0.25) is 0 Å². The summed E-state index contributed by atoms with van der Waals surface area (Å²) in [6.45, 7) is 8.08. The average Bonchev–Trinajstić information content (AvgIpc) is 2.17. The van der Waals surface area contributed by atoms with Crippen molar-refractivity contribution in [2.24, 2.45) is 5.73 Å². The molecule has 0 aliphatic rings. The highest BCUT2D eigenvalue weighted by atomic mass is 14.6. The zero-order valence-electron chi connectivity index (χ0n) is 10.4. The van der Waals surface area contributed by atoms with Gasteiger partial charge in [-0.3, -0.25) is 0 Å². The van der Waals surface area contributed by atoms with Crippen LogP contribution in [0.25, 0.3) is 5.70 Å². The van der Waals surface area contributed by atoms with Gasteiger partial charge in [-0.2, -0.15) is 5.26 Å². The molecule has 0 saturated heterocycles. The van der Waals surface area contributed by atoms with Crippen molar-refractivity contribution in [1.82, 2.24) is 0 Å². The first-order valence-corrected chi connectivity index (χ1v) is 5.48. The van der Waals surface area contributed by atoms with Crippen LogP contribution in [0, 0.1) is 32.1 Å². The van der Waals surface area contributed by atoms with Gasteiger partial charge < -0.3 is 5.73 Å². The van der Waals surface area contributed by atoms with Crippen molar-refractivity contribution < 1.29 is 0 Å². The van der Waals surface area contributed by atoms with E-state index in [1.807, 2.05) is 20.8 Å². The SMILES string of the molecule is CCC(C#N)=C(N)c1c(C)cc(C)cc1C. The molecular formula is C14H18N2. The summed E-state index contributed by atoms with van der Waals surface area (Å²) in [5.41, 5.74) is 11.9. The number of nitrogens with zero attached hydrogens (tertiary/aromatic N) is 1. The molecular weight excluding hydrogens is 196 g/mol. The third-order valence-corrected chi connectivity index (χ3v) is 2.76. The minimum atomic E-state index is 0.625. The molecule has 0 saturated carbocycles. The Labute approximate surface area is 97.4 Å². The number of allylic oxidation sites excluding steroid dienone is 1. The smallest absolute Gasteiger partial charge is 0.0968 e. The van der Waals surface area contributed by atoms with Crippen LogP contribution in [0.3, 0.4) is 0 Å². The lowest BCUT2D eigenvalue weighted by Crippen LogP contribution is -2.05. The monoisotopic (exact) mass is 214 g/mol. The van der Waals surface area contributed by atoms with E-state index in [9.17, 15) is 0 Å². The molecule has 1 rings (SSSR count). The highest BCUT2D eigenvalue weighted by molar-refractivity contribution is 5.73. The van der Waals surface area contributed by atoms with E-state index in [1.54, 1.807) is 0 Å². The van der Waals surface area contributed by atoms with E-state index >= 15 is 0 Å². The number of nitriles is 1. The second-order valence-corrected chi connectivity index (χ2v) is 4.13. The maximum Gasteiger partial charge on any atom is 0.0968 e. The van der Waals surface area contributed by atoms with Crippen LogP contribution in [0.15, 0.2) is 17.7 Å². The predicted octanol–water partition coefficient (Wildman–Crippen LogP) is 3.22. The average molecular weight is 214 g/mol. The first-order chi connectivity index (χ1) is 7.51. The van der Waals surface area contributed by atoms with Gasteiger partial charge in [-0.1, -0.05) is 24.6 Å². The molecule has 2 N–H and O–H groups in total. The molecule has 1 aromatic rings. The molecule has 0 unspecified atom stereocenters. The van der Waals surface area contributed by atoms with Gasteiger partial charge in [0.15, 0.2) is 0 Å². The third kappa shape index (κ3) is 2.25. The van der Waals surface area contributed by atoms with Crippen LogP contribution in [0.4, 0.5) is 0 Å². The Morgan fingerprint density at radius 3 is 2.12 bits per heavy atom. The van der Waals surface area contributed by atoms with E-state index in [1.165, 1.54) is 5.56 Å². The summed E-state index contributed by atoms with van der Waals surface area (Å²) >= 11 is 0. The van der Waals surface area contributed by atoms with Crippen molar-refractivity contribution in [2.45, 2.75) is 34.1 Å². The van der Waals surface area contributed by atoms with Crippen LogP contribution in [0.5, 0.6) is 0 Å². The second kappa shape index (κ2) is 4.85. The Kier molecular flexibility index (Phi) is 3.73. The van der Waals surface area contributed by atoms with Crippen molar-refractivity contribution in [3.8, 4) is 6.07 Å². The predicted molar refractivity (Wildman–Crippen MR) is 67.7 cm³/mol. The fraction of sp³-hybridized carbons (Fsp3) is 0.357. The summed E-state index contributed by atoms with van der Waals surface area (Å²) in [4.78, 5) is 0. The Bertz CT molecular complexity index is 453. The number of benzene rings is 1. The number of aryl methyl sites for hydroxylation is 3. The highest BCUT2D eigenvalue weighted by Gasteiger charge is 2.10. The van der Waals surface area contributed by atoms with Crippen LogP contribution in [-0.4, -0.2) is 0 Å². The van der Waals surface area contributed by atoms with Crippen LogP contribution in [0.1, 0.15) is 35.6 Å². The number of hydrogen-bond donors (Lipinski definition) is 1. The fourth-order valence-electron chi connectivity index (χ4n) is 2.09. The zero-order chi connectivity index (χ0) is 12.3. The molecule has 0 radical (unpaired) electrons. The Morgan fingerprint density at radius 1 is 1.25 bits per heavy atom. The lowest BCUT2D eigenvalue weighted by molar-refractivity contribution is 1.14. The molecule has 0 aliphatic carbocycles. The normalized spacial score (nSPS) is 11.9. The minimum absolute atomic E-state index is 0.625. The quantitative estimate of drug-likeness (QED) is 0.768. The maximum atomic E-state index is 9.01. The first kappa shape index (κ1) is 12.3. The summed E-state index contributed by atoms with van der Waals surface area (Å²) in [6.07, 6.45) is 0.676. The van der Waals surface area contributed by atoms with Gasteiger partial charge in [-0.15, -0.1) is 0 Å². The van der Waals surface area contributed by atoms with E-state index in [0.29, 0.717) is 17.7 Å².